The molecule has 0 unspecified atom stereocenters. The smallest absolute Gasteiger partial charge is 0.419 e. The molecule has 1 fully saturated rings. The van der Waals surface area contributed by atoms with Gasteiger partial charge in [0.1, 0.15) is 30.2 Å². The fourth-order valence-electron chi connectivity index (χ4n) is 3.12. The standard InChI is InChI=1S/C19H16F7NO6/c20-10-5-27-11(4-8(10)18(21,22)23)7-1-2-12(9(3-7)19(24,25)26)32-17-16(31)15(30)14(29)13(6-28)33-17/h1-5,13-17,28-31H,6H2/t13-,14-,15+,16+,17+/m1/s1. The van der Waals surface area contributed by atoms with Gasteiger partial charge in [0.05, 0.1) is 29.6 Å². The van der Waals surface area contributed by atoms with Crippen LogP contribution < -0.4 is 4.74 Å². The first-order valence-corrected chi connectivity index (χ1v) is 9.15. The number of halogens is 7. The second-order valence-electron chi connectivity index (χ2n) is 7.07. The lowest BCUT2D eigenvalue weighted by Crippen LogP contribution is -2.60. The largest absolute Gasteiger partial charge is 0.461 e. The zero-order valence-corrected chi connectivity index (χ0v) is 16.2. The molecule has 14 heteroatoms. The maximum absolute atomic E-state index is 13.6. The molecule has 0 aliphatic carbocycles. The van der Waals surface area contributed by atoms with Gasteiger partial charge in [-0.1, -0.05) is 0 Å². The van der Waals surface area contributed by atoms with E-state index in [1.165, 1.54) is 0 Å². The Kier molecular flexibility index (Phi) is 6.87. The summed E-state index contributed by atoms with van der Waals surface area (Å²) in [4.78, 5) is 3.41. The van der Waals surface area contributed by atoms with Crippen LogP contribution in [0.1, 0.15) is 11.1 Å². The van der Waals surface area contributed by atoms with E-state index in [1.54, 1.807) is 0 Å². The van der Waals surface area contributed by atoms with E-state index in [9.17, 15) is 46.1 Å². The summed E-state index contributed by atoms with van der Waals surface area (Å²) in [5.41, 5.74) is -4.28. The van der Waals surface area contributed by atoms with Gasteiger partial charge in [0.15, 0.2) is 5.82 Å². The van der Waals surface area contributed by atoms with Crippen LogP contribution >= 0.6 is 0 Å². The van der Waals surface area contributed by atoms with Crippen molar-refractivity contribution >= 4 is 0 Å². The van der Waals surface area contributed by atoms with E-state index < -0.39 is 83.6 Å². The monoisotopic (exact) mass is 487 g/mol. The molecule has 7 nitrogen and oxygen atoms in total. The third-order valence-electron chi connectivity index (χ3n) is 4.83. The second-order valence-corrected chi connectivity index (χ2v) is 7.07. The van der Waals surface area contributed by atoms with E-state index in [0.717, 1.165) is 6.07 Å². The van der Waals surface area contributed by atoms with Crippen LogP contribution in [0.25, 0.3) is 11.3 Å². The van der Waals surface area contributed by atoms with Gasteiger partial charge in [-0.05, 0) is 24.3 Å². The molecule has 5 atom stereocenters. The molecule has 1 aromatic heterocycles. The van der Waals surface area contributed by atoms with Crippen molar-refractivity contribution in [2.75, 3.05) is 6.61 Å². The molecule has 0 saturated carbocycles. The van der Waals surface area contributed by atoms with Crippen molar-refractivity contribution in [3.05, 3.63) is 47.4 Å². The van der Waals surface area contributed by atoms with Gasteiger partial charge in [0, 0.05) is 5.56 Å². The number of aliphatic hydroxyl groups is 4. The Hall–Kier alpha value is -2.52. The average Bonchev–Trinajstić information content (AvgIpc) is 2.73. The lowest BCUT2D eigenvalue weighted by atomic mass is 9.99. The maximum Gasteiger partial charge on any atom is 0.419 e. The van der Waals surface area contributed by atoms with Gasteiger partial charge in [0.25, 0.3) is 0 Å². The Balaban J connectivity index is 1.99. The van der Waals surface area contributed by atoms with Crippen LogP contribution in [0.3, 0.4) is 0 Å². The van der Waals surface area contributed by atoms with Crippen LogP contribution in [0.2, 0.25) is 0 Å². The van der Waals surface area contributed by atoms with Crippen molar-refractivity contribution in [1.82, 2.24) is 4.98 Å². The number of nitrogens with zero attached hydrogens (tertiary/aromatic N) is 1. The Bertz CT molecular complexity index is 998. The first kappa shape index (κ1) is 25.1. The summed E-state index contributed by atoms with van der Waals surface area (Å²) in [6.45, 7) is -0.854. The van der Waals surface area contributed by atoms with E-state index in [4.69, 9.17) is 14.6 Å². The Labute approximate surface area is 180 Å². The van der Waals surface area contributed by atoms with Gasteiger partial charge in [-0.25, -0.2) is 4.39 Å². The van der Waals surface area contributed by atoms with Gasteiger partial charge in [0.2, 0.25) is 6.29 Å². The molecule has 3 rings (SSSR count). The molecule has 0 amide bonds. The van der Waals surface area contributed by atoms with E-state index in [1.807, 2.05) is 0 Å². The maximum atomic E-state index is 13.6. The minimum Gasteiger partial charge on any atom is -0.461 e. The minimum atomic E-state index is -5.11. The van der Waals surface area contributed by atoms with Gasteiger partial charge in [-0.3, -0.25) is 4.98 Å². The van der Waals surface area contributed by atoms with Gasteiger partial charge >= 0.3 is 12.4 Å². The van der Waals surface area contributed by atoms with Crippen LogP contribution in [0.15, 0.2) is 30.5 Å². The molecular weight excluding hydrogens is 471 g/mol. The van der Waals surface area contributed by atoms with Crippen LogP contribution in [-0.4, -0.2) is 62.7 Å². The lowest BCUT2D eigenvalue weighted by molar-refractivity contribution is -0.278. The summed E-state index contributed by atoms with van der Waals surface area (Å²) in [6, 6.07) is 2.27. The van der Waals surface area contributed by atoms with Crippen molar-refractivity contribution in [2.24, 2.45) is 0 Å². The Morgan fingerprint density at radius 2 is 1.55 bits per heavy atom. The molecule has 0 radical (unpaired) electrons. The molecule has 1 aromatic carbocycles. The fraction of sp³-hybridized carbons (Fsp3) is 0.421. The fourth-order valence-corrected chi connectivity index (χ4v) is 3.12. The number of aliphatic hydroxyl groups excluding tert-OH is 4. The highest BCUT2D eigenvalue weighted by Crippen LogP contribution is 2.40. The third kappa shape index (κ3) is 5.19. The number of ether oxygens (including phenoxy) is 2. The molecule has 0 spiro atoms. The summed E-state index contributed by atoms with van der Waals surface area (Å²) < 4.78 is 103. The zero-order valence-electron chi connectivity index (χ0n) is 16.2. The quantitative estimate of drug-likeness (QED) is 0.489. The van der Waals surface area contributed by atoms with Crippen molar-refractivity contribution in [3.63, 3.8) is 0 Å². The number of alkyl halides is 6. The van der Waals surface area contributed by atoms with Crippen LogP contribution in [0.5, 0.6) is 5.75 Å². The summed E-state index contributed by atoms with van der Waals surface area (Å²) >= 11 is 0. The Morgan fingerprint density at radius 1 is 0.909 bits per heavy atom. The van der Waals surface area contributed by atoms with Gasteiger partial charge < -0.3 is 29.9 Å². The summed E-state index contributed by atoms with van der Waals surface area (Å²) in [7, 11) is 0. The molecule has 2 heterocycles. The molecule has 0 bridgehead atoms. The topological polar surface area (TPSA) is 112 Å². The van der Waals surface area contributed by atoms with Gasteiger partial charge in [-0.2, -0.15) is 26.3 Å². The SMILES string of the molecule is OC[C@H]1O[C@H](Oc2ccc(-c3cc(C(F)(F)F)c(F)cn3)cc2C(F)(F)F)[C@@H](O)[C@@H](O)[C@@H]1O. The zero-order chi connectivity index (χ0) is 24.7. The van der Waals surface area contributed by atoms with Crippen LogP contribution in [0, 0.1) is 5.82 Å². The van der Waals surface area contributed by atoms with E-state index >= 15 is 0 Å². The molecule has 1 aliphatic rings. The molecule has 1 saturated heterocycles. The highest BCUT2D eigenvalue weighted by atomic mass is 19.4. The van der Waals surface area contributed by atoms with Crippen molar-refractivity contribution < 1.29 is 60.6 Å². The van der Waals surface area contributed by atoms with E-state index in [0.29, 0.717) is 12.1 Å². The number of hydrogen-bond donors (Lipinski definition) is 4. The van der Waals surface area contributed by atoms with E-state index in [-0.39, 0.29) is 12.3 Å². The summed E-state index contributed by atoms with van der Waals surface area (Å²) in [5, 5.41) is 38.6. The summed E-state index contributed by atoms with van der Waals surface area (Å²) in [5.74, 6) is -2.64. The average molecular weight is 487 g/mol. The predicted octanol–water partition coefficient (Wildman–Crippen LogP) is 2.10. The molecule has 33 heavy (non-hydrogen) atoms. The first-order valence-electron chi connectivity index (χ1n) is 9.15. The number of aromatic nitrogens is 1. The lowest BCUT2D eigenvalue weighted by Gasteiger charge is -2.39. The van der Waals surface area contributed by atoms with Crippen LogP contribution in [-0.2, 0) is 17.1 Å². The van der Waals surface area contributed by atoms with Crippen molar-refractivity contribution in [1.29, 1.82) is 0 Å². The highest BCUT2D eigenvalue weighted by molar-refractivity contribution is 5.63. The van der Waals surface area contributed by atoms with Crippen molar-refractivity contribution in [3.8, 4) is 17.0 Å². The Morgan fingerprint density at radius 3 is 2.12 bits per heavy atom. The third-order valence-corrected chi connectivity index (χ3v) is 4.83. The first-order chi connectivity index (χ1) is 15.2. The number of hydrogen-bond acceptors (Lipinski definition) is 7. The number of benzene rings is 1. The molecular formula is C19H16F7NO6. The molecule has 2 aromatic rings. The molecule has 4 N–H and O–H groups in total. The van der Waals surface area contributed by atoms with Crippen LogP contribution in [0.4, 0.5) is 30.7 Å². The van der Waals surface area contributed by atoms with Gasteiger partial charge in [-0.15, -0.1) is 0 Å². The predicted molar refractivity (Wildman–Crippen MR) is 94.0 cm³/mol. The number of pyridine rings is 1. The second kappa shape index (κ2) is 9.02. The molecule has 1 aliphatic heterocycles. The normalized spacial score (nSPS) is 26.3. The minimum absolute atomic E-state index is 0.226. The molecule has 182 valence electrons. The van der Waals surface area contributed by atoms with E-state index in [2.05, 4.69) is 4.98 Å². The van der Waals surface area contributed by atoms with Crippen molar-refractivity contribution in [2.45, 2.75) is 43.1 Å². The highest BCUT2D eigenvalue weighted by Gasteiger charge is 2.46. The number of rotatable bonds is 4. The summed E-state index contributed by atoms with van der Waals surface area (Å²) in [6.07, 6.45) is -19.1.